The van der Waals surface area contributed by atoms with E-state index in [0.29, 0.717) is 40.3 Å². The second-order valence-corrected chi connectivity index (χ2v) is 12.2. The summed E-state index contributed by atoms with van der Waals surface area (Å²) < 4.78 is 0. The minimum absolute atomic E-state index is 0.169. The Labute approximate surface area is 216 Å². The van der Waals surface area contributed by atoms with Crippen LogP contribution in [0.1, 0.15) is 96.6 Å². The summed E-state index contributed by atoms with van der Waals surface area (Å²) >= 11 is 0. The second-order valence-electron chi connectivity index (χ2n) is 12.2. The number of ketones is 1. The molecule has 0 bridgehead atoms. The Bertz CT molecular complexity index is 963. The van der Waals surface area contributed by atoms with Crippen LogP contribution >= 0.6 is 0 Å². The molecule has 6 nitrogen and oxygen atoms in total. The van der Waals surface area contributed by atoms with Crippen molar-refractivity contribution < 1.29 is 14.7 Å². The first kappa shape index (κ1) is 26.7. The molecule has 7 unspecified atom stereocenters. The van der Waals surface area contributed by atoms with Crippen molar-refractivity contribution >= 4 is 17.4 Å². The molecule has 4 aliphatic carbocycles. The highest BCUT2D eigenvalue weighted by Crippen LogP contribution is 2.66. The fourth-order valence-corrected chi connectivity index (χ4v) is 8.70. The van der Waals surface area contributed by atoms with Crippen LogP contribution in [0.15, 0.2) is 30.6 Å². The Morgan fingerprint density at radius 3 is 2.64 bits per heavy atom. The van der Waals surface area contributed by atoms with Crippen LogP contribution in [0, 0.1) is 40.4 Å². The van der Waals surface area contributed by atoms with Gasteiger partial charge in [0.1, 0.15) is 5.78 Å². The number of hydrogen-bond donors (Lipinski definition) is 3. The van der Waals surface area contributed by atoms with E-state index in [1.165, 1.54) is 51.1 Å². The summed E-state index contributed by atoms with van der Waals surface area (Å²) in [6.07, 6.45) is 16.2. The zero-order valence-corrected chi connectivity index (χ0v) is 22.1. The lowest BCUT2D eigenvalue weighted by atomic mass is 9.44. The highest BCUT2D eigenvalue weighted by atomic mass is 16.4. The average Bonchev–Trinajstić information content (AvgIpc) is 3.22. The van der Waals surface area contributed by atoms with Crippen molar-refractivity contribution in [3.8, 4) is 0 Å². The molecule has 0 aliphatic heterocycles. The molecule has 4 saturated carbocycles. The molecule has 4 aliphatic rings. The minimum atomic E-state index is -0.705. The predicted molar refractivity (Wildman–Crippen MR) is 142 cm³/mol. The third kappa shape index (κ3) is 4.92. The van der Waals surface area contributed by atoms with Gasteiger partial charge in [-0.05, 0) is 98.5 Å². The molecule has 0 amide bonds. The summed E-state index contributed by atoms with van der Waals surface area (Å²) in [5.41, 5.74) is 12.1. The summed E-state index contributed by atoms with van der Waals surface area (Å²) in [4.78, 5) is 28.3. The maximum absolute atomic E-state index is 13.5. The van der Waals surface area contributed by atoms with Crippen LogP contribution in [0.2, 0.25) is 0 Å². The number of hydrogen-bond acceptors (Lipinski definition) is 5. The number of carbonyl (C=O) groups is 2. The van der Waals surface area contributed by atoms with E-state index in [9.17, 15) is 9.59 Å². The zero-order chi connectivity index (χ0) is 25.9. The number of Topliss-reactive ketones (excluding diaryl/α,β-unsaturated/α-hetero) is 1. The molecule has 36 heavy (non-hydrogen) atoms. The van der Waals surface area contributed by atoms with Crippen molar-refractivity contribution in [2.75, 3.05) is 0 Å². The highest BCUT2D eigenvalue weighted by Gasteiger charge is 2.62. The van der Waals surface area contributed by atoms with Gasteiger partial charge >= 0.3 is 5.97 Å². The molecule has 1 heterocycles. The largest absolute Gasteiger partial charge is 0.481 e. The van der Waals surface area contributed by atoms with Gasteiger partial charge in [-0.1, -0.05) is 32.8 Å². The average molecular weight is 496 g/mol. The fraction of sp³-hybridized carbons (Fsp3) is 0.700. The van der Waals surface area contributed by atoms with Gasteiger partial charge in [-0.15, -0.1) is 0 Å². The third-order valence-electron chi connectivity index (χ3n) is 10.7. The molecule has 0 spiro atoms. The summed E-state index contributed by atoms with van der Waals surface area (Å²) in [5, 5.41) is 8.96. The van der Waals surface area contributed by atoms with Gasteiger partial charge in [-0.25, -0.2) is 0 Å². The number of carbonyl (C=O) groups excluding carboxylic acids is 1. The maximum Gasteiger partial charge on any atom is 0.303 e. The van der Waals surface area contributed by atoms with E-state index in [-0.39, 0.29) is 11.8 Å². The Kier molecular flexibility index (Phi) is 8.11. The van der Waals surface area contributed by atoms with Gasteiger partial charge < -0.3 is 16.6 Å². The third-order valence-corrected chi connectivity index (χ3v) is 10.7. The first-order valence-corrected chi connectivity index (χ1v) is 14.1. The van der Waals surface area contributed by atoms with E-state index in [2.05, 4.69) is 18.8 Å². The maximum atomic E-state index is 13.5. The summed E-state index contributed by atoms with van der Waals surface area (Å²) in [6, 6.07) is 5.49. The van der Waals surface area contributed by atoms with Gasteiger partial charge in [-0.3, -0.25) is 14.6 Å². The van der Waals surface area contributed by atoms with E-state index in [0.717, 1.165) is 37.5 Å². The normalized spacial score (nSPS) is 37.7. The SMILES string of the molecule is CC12CCCCC1CCC1C2CC(=O)C2(C)C(CCCC(=O)O)CCC12.N/C=C(\N)c1ccccn1. The van der Waals surface area contributed by atoms with Gasteiger partial charge in [0.15, 0.2) is 0 Å². The topological polar surface area (TPSA) is 119 Å². The molecular weight excluding hydrogens is 450 g/mol. The minimum Gasteiger partial charge on any atom is -0.481 e. The quantitative estimate of drug-likeness (QED) is 0.477. The number of carboxylic acids is 1. The Hall–Kier alpha value is -2.37. The number of fused-ring (bicyclic) bond motifs is 5. The van der Waals surface area contributed by atoms with Gasteiger partial charge in [0, 0.05) is 30.7 Å². The lowest BCUT2D eigenvalue weighted by molar-refractivity contribution is -0.156. The van der Waals surface area contributed by atoms with Gasteiger partial charge in [0.2, 0.25) is 0 Å². The van der Waals surface area contributed by atoms with Crippen LogP contribution in [0.4, 0.5) is 0 Å². The van der Waals surface area contributed by atoms with E-state index < -0.39 is 5.97 Å². The molecule has 4 fully saturated rings. The van der Waals surface area contributed by atoms with Crippen molar-refractivity contribution in [1.29, 1.82) is 0 Å². The number of nitrogens with zero attached hydrogens (tertiary/aromatic N) is 1. The Balaban J connectivity index is 0.000000256. The molecule has 7 atom stereocenters. The standard InChI is InChI=1S/C23H36O3.C7H9N3/c1-22-13-4-3-6-15(22)9-11-17-18-12-10-16(7-5-8-21(25)26)23(18,2)20(24)14-19(17)22;8-5-6(9)7-3-1-2-4-10-7/h15-19H,3-14H2,1-2H3,(H,25,26);1-5H,8-9H2/b;6-5-. The van der Waals surface area contributed by atoms with Gasteiger partial charge in [0.05, 0.1) is 11.4 Å². The van der Waals surface area contributed by atoms with Crippen molar-refractivity contribution in [1.82, 2.24) is 4.98 Å². The molecule has 198 valence electrons. The van der Waals surface area contributed by atoms with E-state index in [1.807, 2.05) is 12.1 Å². The van der Waals surface area contributed by atoms with Crippen LogP contribution in [-0.4, -0.2) is 21.8 Å². The molecule has 6 heteroatoms. The molecule has 0 radical (unpaired) electrons. The Morgan fingerprint density at radius 2 is 1.94 bits per heavy atom. The number of aliphatic carboxylic acids is 1. The molecule has 5 N–H and O–H groups in total. The second kappa shape index (κ2) is 10.9. The number of carboxylic acid groups (broad SMARTS) is 1. The monoisotopic (exact) mass is 495 g/mol. The number of aromatic nitrogens is 1. The smallest absolute Gasteiger partial charge is 0.303 e. The van der Waals surface area contributed by atoms with Gasteiger partial charge in [-0.2, -0.15) is 0 Å². The molecule has 5 rings (SSSR count). The van der Waals surface area contributed by atoms with E-state index in [1.54, 1.807) is 12.3 Å². The lowest BCUT2D eigenvalue weighted by Crippen LogP contribution is -2.56. The fourth-order valence-electron chi connectivity index (χ4n) is 8.70. The number of rotatable bonds is 5. The van der Waals surface area contributed by atoms with Crippen LogP contribution in [0.25, 0.3) is 5.70 Å². The van der Waals surface area contributed by atoms with E-state index >= 15 is 0 Å². The van der Waals surface area contributed by atoms with Crippen molar-refractivity contribution in [3.63, 3.8) is 0 Å². The lowest BCUT2D eigenvalue weighted by Gasteiger charge is -2.59. The van der Waals surface area contributed by atoms with Crippen LogP contribution < -0.4 is 11.5 Å². The number of pyridine rings is 1. The molecule has 0 aromatic carbocycles. The molecule has 1 aromatic heterocycles. The molecule has 1 aromatic rings. The van der Waals surface area contributed by atoms with Crippen LogP contribution in [-0.2, 0) is 9.59 Å². The predicted octanol–water partition coefficient (Wildman–Crippen LogP) is 5.77. The summed E-state index contributed by atoms with van der Waals surface area (Å²) in [5.74, 6) is 2.99. The van der Waals surface area contributed by atoms with Crippen molar-refractivity contribution in [2.45, 2.75) is 90.9 Å². The van der Waals surface area contributed by atoms with Crippen LogP contribution in [0.5, 0.6) is 0 Å². The van der Waals surface area contributed by atoms with Crippen molar-refractivity contribution in [3.05, 3.63) is 36.3 Å². The first-order chi connectivity index (χ1) is 17.2. The molecular formula is C30H45N3O3. The highest BCUT2D eigenvalue weighted by molar-refractivity contribution is 5.87. The zero-order valence-electron chi connectivity index (χ0n) is 22.1. The van der Waals surface area contributed by atoms with Gasteiger partial charge in [0.25, 0.3) is 0 Å². The van der Waals surface area contributed by atoms with Crippen LogP contribution in [0.3, 0.4) is 0 Å². The first-order valence-electron chi connectivity index (χ1n) is 14.1. The number of nitrogens with two attached hydrogens (primary N) is 2. The molecule has 0 saturated heterocycles. The van der Waals surface area contributed by atoms with Crippen molar-refractivity contribution in [2.24, 2.45) is 51.9 Å². The summed E-state index contributed by atoms with van der Waals surface area (Å²) in [6.45, 7) is 4.77. The Morgan fingerprint density at radius 1 is 1.14 bits per heavy atom. The summed E-state index contributed by atoms with van der Waals surface area (Å²) in [7, 11) is 0. The van der Waals surface area contributed by atoms with E-state index in [4.69, 9.17) is 16.6 Å².